The van der Waals surface area contributed by atoms with Crippen molar-refractivity contribution >= 4 is 11.6 Å². The summed E-state index contributed by atoms with van der Waals surface area (Å²) in [6.45, 7) is 2.06. The van der Waals surface area contributed by atoms with Crippen LogP contribution in [-0.4, -0.2) is 23.2 Å². The van der Waals surface area contributed by atoms with E-state index >= 15 is 0 Å². The fraction of sp³-hybridized carbons (Fsp3) is 0.125. The summed E-state index contributed by atoms with van der Waals surface area (Å²) in [4.78, 5) is 17.1. The van der Waals surface area contributed by atoms with Crippen molar-refractivity contribution in [2.75, 3.05) is 12.4 Å². The van der Waals surface area contributed by atoms with Gasteiger partial charge in [0, 0.05) is 17.3 Å². The molecular formula is C24H21N3O4. The van der Waals surface area contributed by atoms with Crippen LogP contribution in [0.4, 0.5) is 5.69 Å². The second-order valence-corrected chi connectivity index (χ2v) is 6.85. The van der Waals surface area contributed by atoms with E-state index in [1.54, 1.807) is 49.6 Å². The van der Waals surface area contributed by atoms with Crippen LogP contribution in [0.25, 0.3) is 11.4 Å². The number of aromatic nitrogens is 2. The third-order valence-electron chi connectivity index (χ3n) is 4.59. The normalized spacial score (nSPS) is 10.5. The van der Waals surface area contributed by atoms with Crippen molar-refractivity contribution in [3.63, 3.8) is 0 Å². The summed E-state index contributed by atoms with van der Waals surface area (Å²) in [5, 5.41) is 6.85. The van der Waals surface area contributed by atoms with Gasteiger partial charge in [0.2, 0.25) is 5.82 Å². The van der Waals surface area contributed by atoms with E-state index in [0.29, 0.717) is 34.5 Å². The van der Waals surface area contributed by atoms with Crippen molar-refractivity contribution in [1.29, 1.82) is 0 Å². The molecular weight excluding hydrogens is 394 g/mol. The molecule has 1 heterocycles. The Hall–Kier alpha value is -4.13. The van der Waals surface area contributed by atoms with Gasteiger partial charge in [-0.15, -0.1) is 0 Å². The molecule has 0 bridgehead atoms. The summed E-state index contributed by atoms with van der Waals surface area (Å²) in [6, 6.07) is 22.0. The summed E-state index contributed by atoms with van der Waals surface area (Å²) < 4.78 is 16.3. The minimum atomic E-state index is -0.297. The van der Waals surface area contributed by atoms with Gasteiger partial charge in [0.05, 0.1) is 12.7 Å². The zero-order valence-electron chi connectivity index (χ0n) is 17.2. The molecule has 0 aliphatic heterocycles. The Kier molecular flexibility index (Phi) is 5.93. The number of nitrogens with one attached hydrogen (secondary N) is 1. The number of benzene rings is 3. The third kappa shape index (κ3) is 4.90. The van der Waals surface area contributed by atoms with Crippen LogP contribution in [0, 0.1) is 6.92 Å². The Balaban J connectivity index is 1.45. The van der Waals surface area contributed by atoms with Gasteiger partial charge in [-0.1, -0.05) is 53.2 Å². The monoisotopic (exact) mass is 415 g/mol. The molecule has 1 N–H and O–H groups in total. The number of hydrogen-bond acceptors (Lipinski definition) is 6. The summed E-state index contributed by atoms with van der Waals surface area (Å²) in [6.07, 6.45) is 0. The number of aryl methyl sites for hydroxylation is 1. The molecule has 1 amide bonds. The van der Waals surface area contributed by atoms with Crippen LogP contribution in [0.15, 0.2) is 77.3 Å². The lowest BCUT2D eigenvalue weighted by Crippen LogP contribution is -2.13. The largest absolute Gasteiger partial charge is 0.497 e. The van der Waals surface area contributed by atoms with Gasteiger partial charge >= 0.3 is 0 Å². The highest BCUT2D eigenvalue weighted by Crippen LogP contribution is 2.23. The molecule has 3 aromatic carbocycles. The van der Waals surface area contributed by atoms with Crippen LogP contribution in [0.1, 0.15) is 21.8 Å². The van der Waals surface area contributed by atoms with E-state index in [1.807, 2.05) is 37.3 Å². The van der Waals surface area contributed by atoms with Gasteiger partial charge in [0.25, 0.3) is 11.8 Å². The van der Waals surface area contributed by atoms with Crippen molar-refractivity contribution in [3.05, 3.63) is 89.8 Å². The molecule has 0 saturated heterocycles. The molecule has 0 aliphatic carbocycles. The molecule has 7 heteroatoms. The average molecular weight is 415 g/mol. The van der Waals surface area contributed by atoms with E-state index in [9.17, 15) is 4.79 Å². The second kappa shape index (κ2) is 9.13. The highest BCUT2D eigenvalue weighted by molar-refractivity contribution is 6.06. The van der Waals surface area contributed by atoms with Gasteiger partial charge in [-0.2, -0.15) is 4.98 Å². The molecule has 0 saturated carbocycles. The molecule has 0 spiro atoms. The zero-order valence-corrected chi connectivity index (χ0v) is 17.2. The van der Waals surface area contributed by atoms with Gasteiger partial charge in [-0.3, -0.25) is 4.79 Å². The van der Waals surface area contributed by atoms with E-state index in [1.165, 1.54) is 0 Å². The Morgan fingerprint density at radius 2 is 1.84 bits per heavy atom. The standard InChI is InChI=1S/C24H21N3O4/c1-16-10-12-17(13-11-16)23-26-22(31-27-23)15-30-21-9-4-3-8-20(21)24(28)25-18-6-5-7-19(14-18)29-2/h3-14H,15H2,1-2H3,(H,25,28). The Labute approximate surface area is 179 Å². The number of carbonyl (C=O) groups excluding carboxylic acids is 1. The third-order valence-corrected chi connectivity index (χ3v) is 4.59. The summed E-state index contributed by atoms with van der Waals surface area (Å²) >= 11 is 0. The van der Waals surface area contributed by atoms with Gasteiger partial charge in [-0.25, -0.2) is 0 Å². The lowest BCUT2D eigenvalue weighted by Gasteiger charge is -2.11. The first-order valence-electron chi connectivity index (χ1n) is 9.69. The van der Waals surface area contributed by atoms with Crippen LogP contribution in [0.5, 0.6) is 11.5 Å². The molecule has 7 nitrogen and oxygen atoms in total. The molecule has 4 aromatic rings. The van der Waals surface area contributed by atoms with E-state index in [0.717, 1.165) is 11.1 Å². The molecule has 1 aromatic heterocycles. The topological polar surface area (TPSA) is 86.5 Å². The van der Waals surface area contributed by atoms with Crippen LogP contribution in [0.3, 0.4) is 0 Å². The maximum absolute atomic E-state index is 12.8. The number of ether oxygens (including phenoxy) is 2. The van der Waals surface area contributed by atoms with Crippen molar-refractivity contribution in [1.82, 2.24) is 10.1 Å². The number of carbonyl (C=O) groups is 1. The fourth-order valence-corrected chi connectivity index (χ4v) is 2.95. The quantitative estimate of drug-likeness (QED) is 0.463. The summed E-state index contributed by atoms with van der Waals surface area (Å²) in [5.74, 6) is 1.58. The van der Waals surface area contributed by atoms with Gasteiger partial charge in [-0.05, 0) is 31.2 Å². The minimum absolute atomic E-state index is 0.0440. The maximum atomic E-state index is 12.8. The number of anilines is 1. The number of nitrogens with zero attached hydrogens (tertiary/aromatic N) is 2. The molecule has 0 aliphatic rings. The van der Waals surface area contributed by atoms with E-state index in [2.05, 4.69) is 15.5 Å². The van der Waals surface area contributed by atoms with Crippen molar-refractivity contribution in [3.8, 4) is 22.9 Å². The van der Waals surface area contributed by atoms with Crippen molar-refractivity contribution in [2.45, 2.75) is 13.5 Å². The predicted octanol–water partition coefficient (Wildman–Crippen LogP) is 4.88. The van der Waals surface area contributed by atoms with Gasteiger partial charge in [0.15, 0.2) is 6.61 Å². The van der Waals surface area contributed by atoms with Gasteiger partial charge in [0.1, 0.15) is 11.5 Å². The highest BCUT2D eigenvalue weighted by Gasteiger charge is 2.15. The fourth-order valence-electron chi connectivity index (χ4n) is 2.95. The smallest absolute Gasteiger partial charge is 0.264 e. The van der Waals surface area contributed by atoms with Crippen LogP contribution < -0.4 is 14.8 Å². The van der Waals surface area contributed by atoms with Gasteiger partial charge < -0.3 is 19.3 Å². The Morgan fingerprint density at radius 1 is 1.03 bits per heavy atom. The van der Waals surface area contributed by atoms with Crippen LogP contribution >= 0.6 is 0 Å². The van der Waals surface area contributed by atoms with E-state index < -0.39 is 0 Å². The molecule has 4 rings (SSSR count). The predicted molar refractivity (Wildman–Crippen MR) is 116 cm³/mol. The molecule has 0 fully saturated rings. The summed E-state index contributed by atoms with van der Waals surface area (Å²) in [5.41, 5.74) is 3.03. The van der Waals surface area contributed by atoms with Crippen molar-refractivity contribution < 1.29 is 18.8 Å². The highest BCUT2D eigenvalue weighted by atomic mass is 16.5. The van der Waals surface area contributed by atoms with E-state index in [4.69, 9.17) is 14.0 Å². The minimum Gasteiger partial charge on any atom is -0.497 e. The molecule has 31 heavy (non-hydrogen) atoms. The Bertz CT molecular complexity index is 1190. The van der Waals surface area contributed by atoms with Crippen LogP contribution in [-0.2, 0) is 6.61 Å². The lowest BCUT2D eigenvalue weighted by atomic mass is 10.1. The van der Waals surface area contributed by atoms with Crippen molar-refractivity contribution in [2.24, 2.45) is 0 Å². The number of rotatable bonds is 7. The first-order valence-corrected chi connectivity index (χ1v) is 9.69. The Morgan fingerprint density at radius 3 is 2.65 bits per heavy atom. The molecule has 0 unspecified atom stereocenters. The van der Waals surface area contributed by atoms with Crippen LogP contribution in [0.2, 0.25) is 0 Å². The first-order chi connectivity index (χ1) is 15.1. The number of hydrogen-bond donors (Lipinski definition) is 1. The summed E-state index contributed by atoms with van der Waals surface area (Å²) in [7, 11) is 1.58. The van der Waals surface area contributed by atoms with E-state index in [-0.39, 0.29) is 12.5 Å². The molecule has 156 valence electrons. The number of para-hydroxylation sites is 1. The number of methoxy groups -OCH3 is 1. The second-order valence-electron chi connectivity index (χ2n) is 6.85. The SMILES string of the molecule is COc1cccc(NC(=O)c2ccccc2OCc2nc(-c3ccc(C)cc3)no2)c1. The zero-order chi connectivity index (χ0) is 21.6. The lowest BCUT2D eigenvalue weighted by molar-refractivity contribution is 0.102. The molecule has 0 atom stereocenters. The first kappa shape index (κ1) is 20.2. The maximum Gasteiger partial charge on any atom is 0.264 e. The average Bonchev–Trinajstić information content (AvgIpc) is 3.27. The number of amides is 1. The molecule has 0 radical (unpaired) electrons.